The number of benzene rings is 1. The number of carboxylic acid groups (broad SMARTS) is 2. The van der Waals surface area contributed by atoms with Crippen LogP contribution in [0.15, 0.2) is 36.4 Å². The van der Waals surface area contributed by atoms with Crippen LogP contribution in [0.25, 0.3) is 0 Å². The molecule has 0 aromatic heterocycles. The van der Waals surface area contributed by atoms with Crippen molar-refractivity contribution in [3.05, 3.63) is 47.5 Å². The molecule has 0 aliphatic rings. The zero-order chi connectivity index (χ0) is 31.5. The fourth-order valence-corrected chi connectivity index (χ4v) is 4.93. The van der Waals surface area contributed by atoms with Crippen LogP contribution in [-0.2, 0) is 4.79 Å². The molecule has 0 heterocycles. The van der Waals surface area contributed by atoms with Gasteiger partial charge in [0.2, 0.25) is 0 Å². The van der Waals surface area contributed by atoms with Crippen LogP contribution >= 0.6 is 0 Å². The molecule has 1 aromatic carbocycles. The van der Waals surface area contributed by atoms with Crippen molar-refractivity contribution in [2.75, 3.05) is 20.6 Å². The van der Waals surface area contributed by atoms with Gasteiger partial charge in [-0.15, -0.1) is 0 Å². The number of carboxylic acids is 2. The Morgan fingerprint density at radius 3 is 1.45 bits per heavy atom. The zero-order valence-corrected chi connectivity index (χ0v) is 27.2. The van der Waals surface area contributed by atoms with Gasteiger partial charge in [0.1, 0.15) is 6.54 Å². The molecular formula is C35H61N2O5+. The van der Waals surface area contributed by atoms with Crippen LogP contribution in [0, 0.1) is 0 Å². The number of allylic oxidation sites excluding steroid dienone is 2. The first-order valence-electron chi connectivity index (χ1n) is 16.5. The first-order valence-corrected chi connectivity index (χ1v) is 16.5. The Morgan fingerprint density at radius 1 is 0.643 bits per heavy atom. The van der Waals surface area contributed by atoms with Crippen molar-refractivity contribution in [1.29, 1.82) is 0 Å². The van der Waals surface area contributed by atoms with Gasteiger partial charge in [-0.3, -0.25) is 4.79 Å². The van der Waals surface area contributed by atoms with E-state index in [4.69, 9.17) is 10.2 Å². The van der Waals surface area contributed by atoms with Gasteiger partial charge in [-0.25, -0.2) is 19.6 Å². The van der Waals surface area contributed by atoms with Crippen LogP contribution in [0.4, 0.5) is 0 Å². The standard InChI is InChI=1S/C27H54N2O.C8H6O4/c1-5-7-8-9-10-11-12-13-14-15-16-17-18-19-20-21-22-23-24-25-27(30)28-29(3,4)26-6-2;9-7(10)5-3-1-2-4-6(5)8(11)12/h13-14H,5-12,15-26H2,1-4H3;1-4H,(H,9,10)(H,11,12)/p+1/b14-13-;. The van der Waals surface area contributed by atoms with Crippen molar-refractivity contribution in [1.82, 2.24) is 5.43 Å². The zero-order valence-electron chi connectivity index (χ0n) is 27.2. The highest BCUT2D eigenvalue weighted by atomic mass is 16.4. The third-order valence-corrected chi connectivity index (χ3v) is 7.26. The summed E-state index contributed by atoms with van der Waals surface area (Å²) in [5.41, 5.74) is 2.73. The first-order chi connectivity index (χ1) is 20.1. The lowest BCUT2D eigenvalue weighted by molar-refractivity contribution is -0.925. The molecule has 0 bridgehead atoms. The Balaban J connectivity index is 0.00000115. The summed E-state index contributed by atoms with van der Waals surface area (Å²) < 4.78 is 0.601. The molecule has 1 amide bonds. The van der Waals surface area contributed by atoms with Gasteiger partial charge in [-0.05, 0) is 50.7 Å². The molecule has 0 spiro atoms. The number of nitrogens with one attached hydrogen (secondary N) is 1. The fourth-order valence-electron chi connectivity index (χ4n) is 4.93. The van der Waals surface area contributed by atoms with Gasteiger partial charge in [-0.1, -0.05) is 115 Å². The van der Waals surface area contributed by atoms with Crippen molar-refractivity contribution < 1.29 is 29.2 Å². The van der Waals surface area contributed by atoms with E-state index in [9.17, 15) is 14.4 Å². The van der Waals surface area contributed by atoms with Crippen molar-refractivity contribution >= 4 is 17.8 Å². The monoisotopic (exact) mass is 589 g/mol. The molecule has 1 aromatic rings. The molecular weight excluding hydrogens is 528 g/mol. The SMILES string of the molecule is CCCCCCCC/C=C\CCCCCCCCCCCC(=O)N[N+](C)(C)CCC.O=C(O)c1ccccc1C(=O)O. The number of unbranched alkanes of at least 4 members (excludes halogenated alkanes) is 15. The minimum atomic E-state index is -1.23. The summed E-state index contributed by atoms with van der Waals surface area (Å²) in [4.78, 5) is 32.9. The highest BCUT2D eigenvalue weighted by Gasteiger charge is 2.17. The quantitative estimate of drug-likeness (QED) is 0.0483. The van der Waals surface area contributed by atoms with E-state index in [2.05, 4.69) is 45.5 Å². The number of quaternary nitrogens is 1. The van der Waals surface area contributed by atoms with Crippen LogP contribution in [0.5, 0.6) is 0 Å². The lowest BCUT2D eigenvalue weighted by atomic mass is 10.1. The predicted octanol–water partition coefficient (Wildman–Crippen LogP) is 9.18. The van der Waals surface area contributed by atoms with Gasteiger partial charge in [0.15, 0.2) is 0 Å². The molecule has 0 saturated heterocycles. The summed E-state index contributed by atoms with van der Waals surface area (Å²) in [5, 5.41) is 17.1. The van der Waals surface area contributed by atoms with E-state index in [0.29, 0.717) is 11.0 Å². The summed E-state index contributed by atoms with van der Waals surface area (Å²) in [7, 11) is 4.13. The second-order valence-corrected chi connectivity index (χ2v) is 11.8. The molecule has 0 saturated carbocycles. The fraction of sp³-hybridized carbons (Fsp3) is 0.686. The normalized spacial score (nSPS) is 11.2. The Labute approximate surface area is 256 Å². The van der Waals surface area contributed by atoms with E-state index in [0.717, 1.165) is 19.4 Å². The van der Waals surface area contributed by atoms with E-state index in [1.807, 2.05) is 0 Å². The van der Waals surface area contributed by atoms with Crippen molar-refractivity contribution in [2.45, 2.75) is 136 Å². The van der Waals surface area contributed by atoms with E-state index in [-0.39, 0.29) is 17.0 Å². The van der Waals surface area contributed by atoms with Crippen LogP contribution in [0.1, 0.15) is 157 Å². The number of carbonyl (C=O) groups is 3. The maximum atomic E-state index is 12.0. The maximum Gasteiger partial charge on any atom is 0.336 e. The van der Waals surface area contributed by atoms with E-state index in [1.54, 1.807) is 0 Å². The van der Waals surface area contributed by atoms with Gasteiger partial charge in [-0.2, -0.15) is 0 Å². The molecule has 0 unspecified atom stereocenters. The second-order valence-electron chi connectivity index (χ2n) is 11.8. The molecule has 0 radical (unpaired) electrons. The topological polar surface area (TPSA) is 104 Å². The molecule has 0 aliphatic heterocycles. The minimum Gasteiger partial charge on any atom is -0.478 e. The average Bonchev–Trinajstić information content (AvgIpc) is 2.94. The number of nitrogens with zero attached hydrogens (tertiary/aromatic N) is 1. The van der Waals surface area contributed by atoms with Crippen LogP contribution in [0.3, 0.4) is 0 Å². The van der Waals surface area contributed by atoms with E-state index >= 15 is 0 Å². The molecule has 7 heteroatoms. The van der Waals surface area contributed by atoms with Gasteiger partial charge >= 0.3 is 11.9 Å². The van der Waals surface area contributed by atoms with Gasteiger partial charge in [0.05, 0.1) is 25.2 Å². The molecule has 0 aliphatic carbocycles. The number of rotatable bonds is 24. The van der Waals surface area contributed by atoms with Crippen molar-refractivity contribution in [2.24, 2.45) is 0 Å². The summed E-state index contributed by atoms with van der Waals surface area (Å²) in [6, 6.07) is 5.48. The average molecular weight is 590 g/mol. The van der Waals surface area contributed by atoms with Crippen molar-refractivity contribution in [3.8, 4) is 0 Å². The Bertz CT molecular complexity index is 849. The van der Waals surface area contributed by atoms with E-state index in [1.165, 1.54) is 127 Å². The molecule has 240 valence electrons. The lowest BCUT2D eigenvalue weighted by Crippen LogP contribution is -2.54. The highest BCUT2D eigenvalue weighted by molar-refractivity contribution is 6.01. The van der Waals surface area contributed by atoms with E-state index < -0.39 is 11.9 Å². The van der Waals surface area contributed by atoms with Crippen molar-refractivity contribution in [3.63, 3.8) is 0 Å². The number of amides is 1. The largest absolute Gasteiger partial charge is 0.478 e. The summed E-state index contributed by atoms with van der Waals surface area (Å²) >= 11 is 0. The van der Waals surface area contributed by atoms with Gasteiger partial charge in [0, 0.05) is 6.42 Å². The first kappa shape index (κ1) is 39.3. The molecule has 42 heavy (non-hydrogen) atoms. The lowest BCUT2D eigenvalue weighted by Gasteiger charge is -2.28. The van der Waals surface area contributed by atoms with Crippen LogP contribution in [0.2, 0.25) is 0 Å². The third kappa shape index (κ3) is 23.0. The highest BCUT2D eigenvalue weighted by Crippen LogP contribution is 2.13. The molecule has 0 atom stereocenters. The number of aromatic carboxylic acids is 2. The minimum absolute atomic E-state index is 0.190. The summed E-state index contributed by atoms with van der Waals surface area (Å²) in [6.07, 6.45) is 29.2. The maximum absolute atomic E-state index is 12.0. The summed E-state index contributed by atoms with van der Waals surface area (Å²) in [5.74, 6) is -2.25. The molecule has 0 fully saturated rings. The number of hydrogen-bond donors (Lipinski definition) is 3. The Kier molecular flexibility index (Phi) is 24.3. The van der Waals surface area contributed by atoms with Crippen LogP contribution in [-0.4, -0.2) is 53.3 Å². The molecule has 1 rings (SSSR count). The smallest absolute Gasteiger partial charge is 0.336 e. The van der Waals surface area contributed by atoms with Gasteiger partial charge < -0.3 is 10.2 Å². The van der Waals surface area contributed by atoms with Gasteiger partial charge in [0.25, 0.3) is 5.91 Å². The predicted molar refractivity (Wildman–Crippen MR) is 174 cm³/mol. The Hall–Kier alpha value is -2.67. The number of hydrogen-bond acceptors (Lipinski definition) is 3. The third-order valence-electron chi connectivity index (χ3n) is 7.26. The van der Waals surface area contributed by atoms with Crippen LogP contribution < -0.4 is 5.43 Å². The molecule has 3 N–H and O–H groups in total. The Morgan fingerprint density at radius 2 is 1.05 bits per heavy atom. The molecule has 7 nitrogen and oxygen atoms in total. The number of carbonyl (C=O) groups excluding carboxylic acids is 1. The second kappa shape index (κ2) is 26.0. The summed E-state index contributed by atoms with van der Waals surface area (Å²) in [6.45, 7) is 5.42.